The number of oxazole rings is 1. The van der Waals surface area contributed by atoms with E-state index in [4.69, 9.17) is 24.4 Å². The third kappa shape index (κ3) is 7.39. The fraction of sp³-hybridized carbons (Fsp3) is 0.346. The summed E-state index contributed by atoms with van der Waals surface area (Å²) >= 11 is 0. The molecule has 0 aliphatic heterocycles. The molecule has 9 nitrogen and oxygen atoms in total. The largest absolute Gasteiger partial charge is 0.489 e. The number of halogens is 4. The number of amides is 2. The van der Waals surface area contributed by atoms with Gasteiger partial charge in [0.1, 0.15) is 18.2 Å². The molecule has 0 bridgehead atoms. The number of carbonyl (C=O) groups excluding carboxylic acids is 2. The van der Waals surface area contributed by atoms with Crippen molar-refractivity contribution in [1.82, 2.24) is 10.3 Å². The van der Waals surface area contributed by atoms with E-state index in [1.54, 1.807) is 0 Å². The van der Waals surface area contributed by atoms with Crippen LogP contribution < -0.4 is 20.5 Å². The average molecular weight is 551 g/mol. The molecule has 1 fully saturated rings. The zero-order chi connectivity index (χ0) is 28.1. The number of carbonyl (C=O) groups is 2. The third-order valence-corrected chi connectivity index (χ3v) is 5.71. The molecule has 2 aromatic carbocycles. The van der Waals surface area contributed by atoms with Gasteiger partial charge in [0.15, 0.2) is 29.1 Å². The van der Waals surface area contributed by atoms with Crippen LogP contribution in [-0.4, -0.2) is 36.6 Å². The van der Waals surface area contributed by atoms with E-state index in [0.29, 0.717) is 24.2 Å². The molecule has 1 unspecified atom stereocenters. The van der Waals surface area contributed by atoms with E-state index in [0.717, 1.165) is 18.9 Å². The highest BCUT2D eigenvalue weighted by Gasteiger charge is 2.28. The quantitative estimate of drug-likeness (QED) is 0.299. The second kappa shape index (κ2) is 12.0. The van der Waals surface area contributed by atoms with Crippen LogP contribution in [0.15, 0.2) is 40.8 Å². The first-order valence-electron chi connectivity index (χ1n) is 12.0. The topological polar surface area (TPSA) is 126 Å². The minimum atomic E-state index is -2.69. The van der Waals surface area contributed by atoms with E-state index in [1.165, 1.54) is 31.2 Å². The van der Waals surface area contributed by atoms with Gasteiger partial charge in [-0.3, -0.25) is 4.79 Å². The fourth-order valence-corrected chi connectivity index (χ4v) is 3.56. The number of alkyl halides is 2. The van der Waals surface area contributed by atoms with Gasteiger partial charge < -0.3 is 29.7 Å². The first-order valence-corrected chi connectivity index (χ1v) is 12.0. The van der Waals surface area contributed by atoms with Gasteiger partial charge in [-0.15, -0.1) is 0 Å². The lowest BCUT2D eigenvalue weighted by molar-refractivity contribution is 0.0798. The molecule has 208 valence electrons. The van der Waals surface area contributed by atoms with E-state index in [-0.39, 0.29) is 41.0 Å². The minimum Gasteiger partial charge on any atom is -0.489 e. The summed E-state index contributed by atoms with van der Waals surface area (Å²) in [5.41, 5.74) is 5.16. The second-order valence-corrected chi connectivity index (χ2v) is 8.85. The molecule has 3 N–H and O–H groups in total. The number of primary amides is 1. The summed E-state index contributed by atoms with van der Waals surface area (Å²) in [6, 6.07) is 7.25. The Morgan fingerprint density at radius 3 is 2.56 bits per heavy atom. The van der Waals surface area contributed by atoms with Crippen LogP contribution in [0, 0.1) is 17.6 Å². The average Bonchev–Trinajstić information content (AvgIpc) is 3.60. The predicted octanol–water partition coefficient (Wildman–Crippen LogP) is 5.14. The Hall–Kier alpha value is -4.29. The monoisotopic (exact) mass is 551 g/mol. The highest BCUT2D eigenvalue weighted by molar-refractivity contribution is 5.94. The molecule has 13 heteroatoms. The number of ether oxygens (including phenoxy) is 3. The van der Waals surface area contributed by atoms with Gasteiger partial charge in [0.05, 0.1) is 6.61 Å². The van der Waals surface area contributed by atoms with Crippen LogP contribution >= 0.6 is 0 Å². The lowest BCUT2D eigenvalue weighted by Gasteiger charge is -2.13. The molecule has 3 aromatic rings. The van der Waals surface area contributed by atoms with Crippen molar-refractivity contribution in [3.8, 4) is 23.0 Å². The summed E-state index contributed by atoms with van der Waals surface area (Å²) in [5.74, 6) is -2.03. The number of nitrogens with one attached hydrogen (secondary N) is 1. The Kier molecular flexibility index (Phi) is 8.57. The molecule has 0 saturated heterocycles. The Labute approximate surface area is 220 Å². The number of hydrogen-bond donors (Lipinski definition) is 2. The van der Waals surface area contributed by atoms with Crippen LogP contribution in [0.5, 0.6) is 11.5 Å². The maximum Gasteiger partial charge on any atom is 0.405 e. The molecule has 1 aromatic heterocycles. The molecule has 1 aliphatic rings. The third-order valence-electron chi connectivity index (χ3n) is 5.71. The zero-order valence-electron chi connectivity index (χ0n) is 20.7. The summed E-state index contributed by atoms with van der Waals surface area (Å²) < 4.78 is 74.3. The molecule has 1 atom stereocenters. The summed E-state index contributed by atoms with van der Waals surface area (Å²) in [7, 11) is 0. The van der Waals surface area contributed by atoms with E-state index >= 15 is 0 Å². The van der Waals surface area contributed by atoms with Gasteiger partial charge >= 0.3 is 6.09 Å². The number of rotatable bonds is 12. The summed E-state index contributed by atoms with van der Waals surface area (Å²) in [5, 5.41) is 2.47. The molecule has 1 heterocycles. The summed E-state index contributed by atoms with van der Waals surface area (Å²) in [6.45, 7) is 0.634. The lowest BCUT2D eigenvalue weighted by atomic mass is 10.2. The van der Waals surface area contributed by atoms with Crippen molar-refractivity contribution in [3.05, 3.63) is 65.1 Å². The first kappa shape index (κ1) is 27.7. The van der Waals surface area contributed by atoms with Crippen molar-refractivity contribution in [2.24, 2.45) is 11.7 Å². The number of hydrogen-bond acceptors (Lipinski definition) is 7. The Morgan fingerprint density at radius 2 is 1.90 bits per heavy atom. The van der Waals surface area contributed by atoms with Crippen LogP contribution in [-0.2, 0) is 11.3 Å². The molecule has 1 saturated carbocycles. The maximum absolute atomic E-state index is 14.0. The van der Waals surface area contributed by atoms with Crippen LogP contribution in [0.2, 0.25) is 0 Å². The molecule has 0 radical (unpaired) electrons. The number of aromatic nitrogens is 1. The van der Waals surface area contributed by atoms with Crippen molar-refractivity contribution >= 4 is 12.0 Å². The van der Waals surface area contributed by atoms with Gasteiger partial charge in [-0.25, -0.2) is 27.3 Å². The van der Waals surface area contributed by atoms with Gasteiger partial charge in [-0.2, -0.15) is 0 Å². The van der Waals surface area contributed by atoms with Crippen LogP contribution in [0.25, 0.3) is 11.5 Å². The van der Waals surface area contributed by atoms with Crippen molar-refractivity contribution < 1.29 is 45.8 Å². The predicted molar refractivity (Wildman–Crippen MR) is 128 cm³/mol. The van der Waals surface area contributed by atoms with Crippen molar-refractivity contribution in [3.63, 3.8) is 0 Å². The second-order valence-electron chi connectivity index (χ2n) is 8.85. The summed E-state index contributed by atoms with van der Waals surface area (Å²) in [6.07, 6.45) is -2.96. The maximum atomic E-state index is 14.0. The standard InChI is InChI=1S/C26H25F4N3O6/c1-13(38-26(31)35)23-22(24(34)32-10-16-4-6-17(27)9-18(16)28)33-25(39-23)15-5-7-19(37-12-21(29)30)20(8-15)36-11-14-2-3-14/h4-9,13-14,21H,2-3,10-12H2,1H3,(H2,31,35)(H,32,34). The fourth-order valence-electron chi connectivity index (χ4n) is 3.56. The minimum absolute atomic E-state index is 0.0216. The molecule has 4 rings (SSSR count). The Morgan fingerprint density at radius 1 is 1.13 bits per heavy atom. The molecule has 1 aliphatic carbocycles. The van der Waals surface area contributed by atoms with E-state index < -0.39 is 42.8 Å². The number of benzene rings is 2. The van der Waals surface area contributed by atoms with Crippen LogP contribution in [0.1, 0.15) is 47.7 Å². The van der Waals surface area contributed by atoms with Crippen molar-refractivity contribution in [1.29, 1.82) is 0 Å². The van der Waals surface area contributed by atoms with Gasteiger partial charge in [-0.1, -0.05) is 6.07 Å². The zero-order valence-corrected chi connectivity index (χ0v) is 20.7. The van der Waals surface area contributed by atoms with Gasteiger partial charge in [0.25, 0.3) is 12.3 Å². The number of nitrogens with zero attached hydrogens (tertiary/aromatic N) is 1. The Bertz CT molecular complexity index is 1350. The van der Waals surface area contributed by atoms with Crippen molar-refractivity contribution in [2.45, 2.75) is 38.8 Å². The van der Waals surface area contributed by atoms with E-state index in [2.05, 4.69) is 10.3 Å². The molecular formula is C26H25F4N3O6. The highest BCUT2D eigenvalue weighted by Crippen LogP contribution is 2.37. The molecular weight excluding hydrogens is 526 g/mol. The number of nitrogens with two attached hydrogens (primary N) is 1. The lowest BCUT2D eigenvalue weighted by Crippen LogP contribution is -2.26. The Balaban J connectivity index is 1.62. The van der Waals surface area contributed by atoms with E-state index in [1.807, 2.05) is 0 Å². The smallest absolute Gasteiger partial charge is 0.405 e. The summed E-state index contributed by atoms with van der Waals surface area (Å²) in [4.78, 5) is 28.5. The first-order chi connectivity index (χ1) is 18.6. The SMILES string of the molecule is CC(OC(N)=O)c1oc(-c2ccc(OCC(F)F)c(OCC3CC3)c2)nc1C(=O)NCc1ccc(F)cc1F. The normalized spacial score (nSPS) is 13.7. The van der Waals surface area contributed by atoms with Gasteiger partial charge in [0, 0.05) is 23.7 Å². The highest BCUT2D eigenvalue weighted by atomic mass is 19.3. The van der Waals surface area contributed by atoms with Crippen LogP contribution in [0.3, 0.4) is 0 Å². The van der Waals surface area contributed by atoms with Crippen LogP contribution in [0.4, 0.5) is 22.4 Å². The van der Waals surface area contributed by atoms with Gasteiger partial charge in [-0.05, 0) is 49.9 Å². The van der Waals surface area contributed by atoms with E-state index in [9.17, 15) is 27.2 Å². The molecule has 2 amide bonds. The van der Waals surface area contributed by atoms with Crippen molar-refractivity contribution in [2.75, 3.05) is 13.2 Å². The van der Waals surface area contributed by atoms with Gasteiger partial charge in [0.2, 0.25) is 5.89 Å². The molecule has 39 heavy (non-hydrogen) atoms. The molecule has 0 spiro atoms.